The van der Waals surface area contributed by atoms with Crippen LogP contribution < -0.4 is 9.64 Å². The van der Waals surface area contributed by atoms with Gasteiger partial charge in [0.05, 0.1) is 32.1 Å². The van der Waals surface area contributed by atoms with E-state index >= 15 is 0 Å². The Kier molecular flexibility index (Phi) is 6.53. The molecule has 176 valence electrons. The number of hydrogen-bond donors (Lipinski definition) is 0. The van der Waals surface area contributed by atoms with Gasteiger partial charge in [-0.2, -0.15) is 0 Å². The van der Waals surface area contributed by atoms with E-state index in [1.165, 1.54) is 0 Å². The Morgan fingerprint density at radius 2 is 1.76 bits per heavy atom. The monoisotopic (exact) mass is 451 g/mol. The maximum Gasteiger partial charge on any atom is 0.222 e. The maximum atomic E-state index is 12.3. The first-order valence-corrected chi connectivity index (χ1v) is 11.9. The Morgan fingerprint density at radius 3 is 2.48 bits per heavy atom. The van der Waals surface area contributed by atoms with Crippen molar-refractivity contribution in [2.75, 3.05) is 64.4 Å². The lowest BCUT2D eigenvalue weighted by Crippen LogP contribution is -2.49. The number of amides is 1. The van der Waals surface area contributed by atoms with Gasteiger partial charge in [-0.15, -0.1) is 0 Å². The number of para-hydroxylation sites is 2. The number of methoxy groups -OCH3 is 1. The summed E-state index contributed by atoms with van der Waals surface area (Å²) in [4.78, 5) is 19.0. The molecule has 0 spiro atoms. The third kappa shape index (κ3) is 4.71. The highest BCUT2D eigenvalue weighted by Gasteiger charge is 2.46. The molecule has 5 rings (SSSR count). The first kappa shape index (κ1) is 22.2. The lowest BCUT2D eigenvalue weighted by Gasteiger charge is -2.37. The second-order valence-corrected chi connectivity index (χ2v) is 9.05. The summed E-state index contributed by atoms with van der Waals surface area (Å²) in [5.41, 5.74) is 2.13. The molecule has 33 heavy (non-hydrogen) atoms. The lowest BCUT2D eigenvalue weighted by atomic mass is 10.1. The largest absolute Gasteiger partial charge is 0.495 e. The molecule has 3 aliphatic rings. The first-order valence-electron chi connectivity index (χ1n) is 11.9. The van der Waals surface area contributed by atoms with Gasteiger partial charge in [0.15, 0.2) is 0 Å². The summed E-state index contributed by atoms with van der Waals surface area (Å²) >= 11 is 0. The van der Waals surface area contributed by atoms with Crippen molar-refractivity contribution in [2.45, 2.75) is 24.7 Å². The quantitative estimate of drug-likeness (QED) is 0.645. The van der Waals surface area contributed by atoms with Crippen molar-refractivity contribution in [1.29, 1.82) is 0 Å². The Balaban J connectivity index is 1.22. The standard InChI is InChI=1S/C26H33N3O4/c1-31-24-11-6-5-10-23(24)28-16-14-27(15-17-28)18-22-19-32-26(33-22,21-8-3-2-4-9-21)20-29-13-7-12-25(29)30/h2-6,8-11,22H,7,12-20H2,1H3/t22-,26+/m1/s1. The van der Waals surface area contributed by atoms with Crippen LogP contribution in [0.3, 0.4) is 0 Å². The van der Waals surface area contributed by atoms with Crippen molar-refractivity contribution in [3.8, 4) is 5.75 Å². The normalized spacial score (nSPS) is 26.2. The van der Waals surface area contributed by atoms with Gasteiger partial charge in [0.25, 0.3) is 0 Å². The van der Waals surface area contributed by atoms with Crippen molar-refractivity contribution < 1.29 is 19.0 Å². The van der Waals surface area contributed by atoms with Crippen LogP contribution in [0.5, 0.6) is 5.75 Å². The van der Waals surface area contributed by atoms with Crippen molar-refractivity contribution >= 4 is 11.6 Å². The second kappa shape index (κ2) is 9.71. The molecule has 2 aromatic carbocycles. The molecule has 7 heteroatoms. The van der Waals surface area contributed by atoms with Gasteiger partial charge >= 0.3 is 0 Å². The van der Waals surface area contributed by atoms with E-state index in [1.807, 2.05) is 47.4 Å². The van der Waals surface area contributed by atoms with Crippen LogP contribution in [-0.2, 0) is 20.1 Å². The van der Waals surface area contributed by atoms with E-state index in [2.05, 4.69) is 21.9 Å². The predicted molar refractivity (Wildman–Crippen MR) is 126 cm³/mol. The number of anilines is 1. The third-order valence-electron chi connectivity index (χ3n) is 6.90. The molecule has 0 N–H and O–H groups in total. The van der Waals surface area contributed by atoms with Gasteiger partial charge in [0.1, 0.15) is 5.75 Å². The zero-order valence-electron chi connectivity index (χ0n) is 19.3. The number of carbonyl (C=O) groups excluding carboxylic acids is 1. The van der Waals surface area contributed by atoms with Crippen molar-refractivity contribution in [3.05, 3.63) is 60.2 Å². The molecule has 0 unspecified atom stereocenters. The van der Waals surface area contributed by atoms with Crippen LogP contribution >= 0.6 is 0 Å². The minimum absolute atomic E-state index is 0.0271. The Labute approximate surface area is 195 Å². The Bertz CT molecular complexity index is 948. The molecule has 2 aromatic rings. The second-order valence-electron chi connectivity index (χ2n) is 9.05. The van der Waals surface area contributed by atoms with Gasteiger partial charge in [-0.25, -0.2) is 0 Å². The highest BCUT2D eigenvalue weighted by Crippen LogP contribution is 2.37. The summed E-state index contributed by atoms with van der Waals surface area (Å²) in [5, 5.41) is 0. The van der Waals surface area contributed by atoms with E-state index < -0.39 is 5.79 Å². The molecule has 2 atom stereocenters. The van der Waals surface area contributed by atoms with Crippen LogP contribution in [0.4, 0.5) is 5.69 Å². The highest BCUT2D eigenvalue weighted by atomic mass is 16.7. The molecule has 7 nitrogen and oxygen atoms in total. The van der Waals surface area contributed by atoms with E-state index in [1.54, 1.807) is 7.11 Å². The third-order valence-corrected chi connectivity index (χ3v) is 6.90. The number of piperazine rings is 1. The Morgan fingerprint density at radius 1 is 1.00 bits per heavy atom. The van der Waals surface area contributed by atoms with Crippen LogP contribution in [0.15, 0.2) is 54.6 Å². The average Bonchev–Trinajstić information content (AvgIpc) is 3.46. The number of likely N-dealkylation sites (tertiary alicyclic amines) is 1. The molecule has 1 amide bonds. The van der Waals surface area contributed by atoms with Gasteiger partial charge in [-0.3, -0.25) is 9.69 Å². The molecule has 3 aliphatic heterocycles. The minimum Gasteiger partial charge on any atom is -0.495 e. The van der Waals surface area contributed by atoms with Crippen LogP contribution in [0.25, 0.3) is 0 Å². The fourth-order valence-electron chi connectivity index (χ4n) is 5.15. The molecule has 0 aliphatic carbocycles. The van der Waals surface area contributed by atoms with E-state index in [0.29, 0.717) is 19.6 Å². The summed E-state index contributed by atoms with van der Waals surface area (Å²) in [5.74, 6) is 0.224. The lowest BCUT2D eigenvalue weighted by molar-refractivity contribution is -0.191. The SMILES string of the molecule is COc1ccccc1N1CCN(C[C@@H]2CO[C@](CN3CCCC3=O)(c3ccccc3)O2)CC1. The maximum absolute atomic E-state index is 12.3. The van der Waals surface area contributed by atoms with Gasteiger partial charge in [0, 0.05) is 51.3 Å². The van der Waals surface area contributed by atoms with Gasteiger partial charge in [-0.1, -0.05) is 42.5 Å². The van der Waals surface area contributed by atoms with Gasteiger partial charge in [0.2, 0.25) is 11.7 Å². The number of ether oxygens (including phenoxy) is 3. The molecule has 0 aromatic heterocycles. The zero-order valence-corrected chi connectivity index (χ0v) is 19.3. The Hall–Kier alpha value is -2.61. The fraction of sp³-hybridized carbons (Fsp3) is 0.500. The van der Waals surface area contributed by atoms with E-state index in [0.717, 1.165) is 62.7 Å². The molecule has 3 heterocycles. The van der Waals surface area contributed by atoms with E-state index in [4.69, 9.17) is 14.2 Å². The number of rotatable bonds is 7. The smallest absolute Gasteiger partial charge is 0.222 e. The molecule has 0 saturated carbocycles. The van der Waals surface area contributed by atoms with Crippen molar-refractivity contribution in [2.24, 2.45) is 0 Å². The number of nitrogens with zero attached hydrogens (tertiary/aromatic N) is 3. The minimum atomic E-state index is -0.884. The summed E-state index contributed by atoms with van der Waals surface area (Å²) < 4.78 is 18.5. The number of carbonyl (C=O) groups is 1. The van der Waals surface area contributed by atoms with Crippen LogP contribution in [-0.4, -0.2) is 81.3 Å². The average molecular weight is 452 g/mol. The van der Waals surface area contributed by atoms with Crippen molar-refractivity contribution in [3.63, 3.8) is 0 Å². The van der Waals surface area contributed by atoms with Crippen LogP contribution in [0, 0.1) is 0 Å². The van der Waals surface area contributed by atoms with Crippen LogP contribution in [0.2, 0.25) is 0 Å². The molecule has 0 radical (unpaired) electrons. The molecule has 3 fully saturated rings. The summed E-state index contributed by atoms with van der Waals surface area (Å²) in [6.45, 7) is 6.39. The zero-order chi connectivity index (χ0) is 22.7. The number of benzene rings is 2. The predicted octanol–water partition coefficient (Wildman–Crippen LogP) is 2.71. The summed E-state index contributed by atoms with van der Waals surface area (Å²) in [7, 11) is 1.72. The van der Waals surface area contributed by atoms with E-state index in [9.17, 15) is 4.79 Å². The highest BCUT2D eigenvalue weighted by molar-refractivity contribution is 5.78. The summed E-state index contributed by atoms with van der Waals surface area (Å²) in [6.07, 6.45) is 1.50. The molecule has 3 saturated heterocycles. The fourth-order valence-corrected chi connectivity index (χ4v) is 5.15. The molecular formula is C26H33N3O4. The van der Waals surface area contributed by atoms with Crippen LogP contribution in [0.1, 0.15) is 18.4 Å². The number of hydrogen-bond acceptors (Lipinski definition) is 6. The molecular weight excluding hydrogens is 418 g/mol. The van der Waals surface area contributed by atoms with Crippen molar-refractivity contribution in [1.82, 2.24) is 9.80 Å². The van der Waals surface area contributed by atoms with E-state index in [-0.39, 0.29) is 12.0 Å². The first-order chi connectivity index (χ1) is 16.2. The van der Waals surface area contributed by atoms with Gasteiger partial charge in [-0.05, 0) is 18.6 Å². The van der Waals surface area contributed by atoms with Gasteiger partial charge < -0.3 is 24.0 Å². The summed E-state index contributed by atoms with van der Waals surface area (Å²) in [6, 6.07) is 18.3. The molecule has 0 bridgehead atoms. The topological polar surface area (TPSA) is 54.5 Å².